The molecule has 2 aliphatic carbocycles. The van der Waals surface area contributed by atoms with Crippen LogP contribution in [-0.4, -0.2) is 85.0 Å². The summed E-state index contributed by atoms with van der Waals surface area (Å²) in [4.78, 5) is 24.6. The zero-order valence-corrected chi connectivity index (χ0v) is 22.1. The van der Waals surface area contributed by atoms with Gasteiger partial charge in [-0.3, -0.25) is 9.69 Å². The number of hydrogen-bond donors (Lipinski definition) is 0. The number of rotatable bonds is 7. The van der Waals surface area contributed by atoms with Gasteiger partial charge in [-0.05, 0) is 38.2 Å². The molecule has 38 heavy (non-hydrogen) atoms. The van der Waals surface area contributed by atoms with Crippen LogP contribution in [0, 0.1) is 10.8 Å². The Morgan fingerprint density at radius 3 is 2.21 bits per heavy atom. The van der Waals surface area contributed by atoms with Crippen molar-refractivity contribution in [2.75, 3.05) is 62.2 Å². The molecule has 6 rings (SSSR count). The molecule has 2 saturated carbocycles. The van der Waals surface area contributed by atoms with Crippen LogP contribution < -0.4 is 9.80 Å². The number of halogens is 4. The lowest BCUT2D eigenvalue weighted by molar-refractivity contribution is -0.128. The number of carbonyl (C=O) groups is 1. The molecule has 0 N–H and O–H groups in total. The number of pyridine rings is 1. The van der Waals surface area contributed by atoms with Crippen LogP contribution in [0.4, 0.5) is 29.1 Å². The van der Waals surface area contributed by atoms with Crippen molar-refractivity contribution < 1.29 is 22.4 Å². The molecule has 1 aromatic rings. The standard InChI is InChI=1S/C28H37F4N5O/c1-3-5-20-21(37-17-19(18-37)34-12-14-36(15-13-34)23(38)4-2)16-22(33-24(20)25(29)30)35-10-8-27(9-11-35)26(6-7-26)28(27,31)32/h4,16,19,25H,2-3,5-15,17-18H2,1H3. The highest BCUT2D eigenvalue weighted by Gasteiger charge is 2.94. The van der Waals surface area contributed by atoms with Gasteiger partial charge >= 0.3 is 0 Å². The second-order valence-electron chi connectivity index (χ2n) is 11.8. The Morgan fingerprint density at radius 2 is 1.68 bits per heavy atom. The monoisotopic (exact) mass is 535 g/mol. The topological polar surface area (TPSA) is 42.9 Å². The summed E-state index contributed by atoms with van der Waals surface area (Å²) in [5, 5.41) is 0. The van der Waals surface area contributed by atoms with Crippen LogP contribution in [0.25, 0.3) is 0 Å². The summed E-state index contributed by atoms with van der Waals surface area (Å²) in [7, 11) is 0. The molecule has 0 atom stereocenters. The Bertz CT molecular complexity index is 1090. The molecule has 6 nitrogen and oxygen atoms in total. The minimum atomic E-state index is -2.69. The molecule has 0 aromatic carbocycles. The van der Waals surface area contributed by atoms with Gasteiger partial charge < -0.3 is 14.7 Å². The quantitative estimate of drug-likeness (QED) is 0.380. The molecule has 0 radical (unpaired) electrons. The summed E-state index contributed by atoms with van der Waals surface area (Å²) in [6.45, 7) is 10.7. The Morgan fingerprint density at radius 1 is 1.05 bits per heavy atom. The van der Waals surface area contributed by atoms with E-state index in [0.717, 1.165) is 38.3 Å². The number of carbonyl (C=O) groups excluding carboxylic acids is 1. The average molecular weight is 536 g/mol. The van der Waals surface area contributed by atoms with Crippen LogP contribution in [0.5, 0.6) is 0 Å². The lowest BCUT2D eigenvalue weighted by atomic mass is 9.89. The number of anilines is 2. The Labute approximate surface area is 221 Å². The first-order chi connectivity index (χ1) is 18.2. The Hall–Kier alpha value is -2.36. The van der Waals surface area contributed by atoms with E-state index in [1.807, 2.05) is 17.9 Å². The molecule has 1 aromatic heterocycles. The van der Waals surface area contributed by atoms with Gasteiger partial charge in [0.2, 0.25) is 5.91 Å². The maximum absolute atomic E-state index is 14.7. The van der Waals surface area contributed by atoms with Crippen molar-refractivity contribution in [1.29, 1.82) is 0 Å². The number of piperidine rings is 1. The van der Waals surface area contributed by atoms with Crippen LogP contribution in [0.15, 0.2) is 18.7 Å². The first-order valence-corrected chi connectivity index (χ1v) is 14.0. The highest BCUT2D eigenvalue weighted by molar-refractivity contribution is 5.87. The number of alkyl halides is 4. The molecule has 3 aliphatic heterocycles. The van der Waals surface area contributed by atoms with Crippen molar-refractivity contribution in [2.45, 2.75) is 63.8 Å². The van der Waals surface area contributed by atoms with Gasteiger partial charge in [0.25, 0.3) is 12.3 Å². The predicted molar refractivity (Wildman–Crippen MR) is 138 cm³/mol. The number of amides is 1. The van der Waals surface area contributed by atoms with E-state index in [9.17, 15) is 22.4 Å². The molecule has 0 bridgehead atoms. The zero-order valence-electron chi connectivity index (χ0n) is 22.1. The Balaban J connectivity index is 1.18. The number of fused-ring (bicyclic) bond motifs is 1. The molecule has 3 saturated heterocycles. The summed E-state index contributed by atoms with van der Waals surface area (Å²) in [5.41, 5.74) is -0.432. The van der Waals surface area contributed by atoms with Gasteiger partial charge in [-0.15, -0.1) is 0 Å². The lowest BCUT2D eigenvalue weighted by Crippen LogP contribution is -2.63. The smallest absolute Gasteiger partial charge is 0.280 e. The van der Waals surface area contributed by atoms with Crippen LogP contribution >= 0.6 is 0 Å². The van der Waals surface area contributed by atoms with Gasteiger partial charge in [0, 0.05) is 86.5 Å². The first kappa shape index (κ1) is 25.9. The lowest BCUT2D eigenvalue weighted by Gasteiger charge is -2.49. The van der Waals surface area contributed by atoms with Gasteiger partial charge in [-0.1, -0.05) is 19.9 Å². The van der Waals surface area contributed by atoms with E-state index in [2.05, 4.69) is 21.4 Å². The maximum atomic E-state index is 14.7. The van der Waals surface area contributed by atoms with E-state index in [0.29, 0.717) is 75.7 Å². The van der Waals surface area contributed by atoms with Crippen molar-refractivity contribution in [3.63, 3.8) is 0 Å². The normalized spacial score (nSPS) is 25.7. The highest BCUT2D eigenvalue weighted by atomic mass is 19.3. The van der Waals surface area contributed by atoms with E-state index in [1.165, 1.54) is 6.08 Å². The molecule has 5 fully saturated rings. The van der Waals surface area contributed by atoms with Crippen molar-refractivity contribution in [1.82, 2.24) is 14.8 Å². The molecule has 2 spiro atoms. The fourth-order valence-electron chi connectivity index (χ4n) is 7.58. The van der Waals surface area contributed by atoms with Gasteiger partial charge in [-0.2, -0.15) is 0 Å². The molecule has 5 aliphatic rings. The fraction of sp³-hybridized carbons (Fsp3) is 0.714. The molecule has 4 heterocycles. The van der Waals surface area contributed by atoms with E-state index in [-0.39, 0.29) is 11.6 Å². The number of nitrogens with zero attached hydrogens (tertiary/aromatic N) is 5. The molecular weight excluding hydrogens is 498 g/mol. The van der Waals surface area contributed by atoms with Gasteiger partial charge in [0.15, 0.2) is 0 Å². The summed E-state index contributed by atoms with van der Waals surface area (Å²) in [6, 6.07) is 2.22. The second kappa shape index (κ2) is 9.10. The minimum Gasteiger partial charge on any atom is -0.368 e. The SMILES string of the molecule is C=CC(=O)N1CCN(C2CN(c3cc(N4CCC5(CC4)C(F)(F)C54CC4)nc(C(F)F)c3CCC)C2)CC1. The number of piperazine rings is 1. The zero-order chi connectivity index (χ0) is 26.9. The van der Waals surface area contributed by atoms with E-state index >= 15 is 0 Å². The van der Waals surface area contributed by atoms with Gasteiger partial charge in [0.1, 0.15) is 11.5 Å². The van der Waals surface area contributed by atoms with Crippen molar-refractivity contribution in [3.8, 4) is 0 Å². The Kier molecular flexibility index (Phi) is 6.20. The molecule has 0 unspecified atom stereocenters. The third kappa shape index (κ3) is 3.68. The summed E-state index contributed by atoms with van der Waals surface area (Å²) in [6.07, 6.45) is 1.91. The third-order valence-electron chi connectivity index (χ3n) is 10.1. The summed E-state index contributed by atoms with van der Waals surface area (Å²) < 4.78 is 57.9. The second-order valence-corrected chi connectivity index (χ2v) is 11.8. The summed E-state index contributed by atoms with van der Waals surface area (Å²) >= 11 is 0. The fourth-order valence-corrected chi connectivity index (χ4v) is 7.58. The van der Waals surface area contributed by atoms with Crippen LogP contribution in [-0.2, 0) is 11.2 Å². The van der Waals surface area contributed by atoms with Crippen molar-refractivity contribution in [3.05, 3.63) is 30.0 Å². The first-order valence-electron chi connectivity index (χ1n) is 14.0. The molecule has 10 heteroatoms. The van der Waals surface area contributed by atoms with E-state index < -0.39 is 23.2 Å². The van der Waals surface area contributed by atoms with E-state index in [1.54, 1.807) is 4.90 Å². The largest absolute Gasteiger partial charge is 0.368 e. The minimum absolute atomic E-state index is 0.0470. The highest BCUT2D eigenvalue weighted by Crippen LogP contribution is 2.89. The number of hydrogen-bond acceptors (Lipinski definition) is 5. The number of aromatic nitrogens is 1. The average Bonchev–Trinajstić information content (AvgIpc) is 3.77. The third-order valence-corrected chi connectivity index (χ3v) is 10.1. The molecule has 1 amide bonds. The molecule has 208 valence electrons. The predicted octanol–water partition coefficient (Wildman–Crippen LogP) is 4.51. The van der Waals surface area contributed by atoms with Crippen LogP contribution in [0.2, 0.25) is 0 Å². The van der Waals surface area contributed by atoms with Crippen molar-refractivity contribution in [2.24, 2.45) is 10.8 Å². The van der Waals surface area contributed by atoms with Gasteiger partial charge in [0.05, 0.1) is 0 Å². The molecular formula is C28H37F4N5O. The van der Waals surface area contributed by atoms with E-state index in [4.69, 9.17) is 0 Å². The van der Waals surface area contributed by atoms with Crippen LogP contribution in [0.3, 0.4) is 0 Å². The van der Waals surface area contributed by atoms with Crippen molar-refractivity contribution >= 4 is 17.4 Å². The summed E-state index contributed by atoms with van der Waals surface area (Å²) in [5.74, 6) is -2.14. The van der Waals surface area contributed by atoms with Gasteiger partial charge in [-0.25, -0.2) is 22.5 Å². The maximum Gasteiger partial charge on any atom is 0.280 e. The van der Waals surface area contributed by atoms with Crippen LogP contribution in [0.1, 0.15) is 56.7 Å².